The van der Waals surface area contributed by atoms with E-state index in [2.05, 4.69) is 6.08 Å². The van der Waals surface area contributed by atoms with Crippen molar-refractivity contribution in [2.45, 2.75) is 38.2 Å². The molecule has 5 heteroatoms. The van der Waals surface area contributed by atoms with Crippen LogP contribution in [0.1, 0.15) is 54.1 Å². The summed E-state index contributed by atoms with van der Waals surface area (Å²) in [6.45, 7) is 4.18. The van der Waals surface area contributed by atoms with E-state index in [0.29, 0.717) is 30.1 Å². The molecule has 142 valence electrons. The maximum Gasteiger partial charge on any atom is 0.312 e. The SMILES string of the molecule is CC1(C)CC(=O)c2ccc3c(c2O1)C(C1=Cc2ccccc2OC1)CC(=O)O3. The lowest BCUT2D eigenvalue weighted by Gasteiger charge is -2.37. The van der Waals surface area contributed by atoms with E-state index in [-0.39, 0.29) is 24.1 Å². The topological polar surface area (TPSA) is 61.8 Å². The van der Waals surface area contributed by atoms with Gasteiger partial charge in [0.05, 0.1) is 18.4 Å². The van der Waals surface area contributed by atoms with Crippen molar-refractivity contribution in [2.75, 3.05) is 6.61 Å². The summed E-state index contributed by atoms with van der Waals surface area (Å²) in [5.41, 5.74) is 2.68. The number of hydrogen-bond acceptors (Lipinski definition) is 5. The number of carbonyl (C=O) groups is 2. The molecule has 5 rings (SSSR count). The molecule has 1 unspecified atom stereocenters. The van der Waals surface area contributed by atoms with Gasteiger partial charge in [0.15, 0.2) is 5.78 Å². The summed E-state index contributed by atoms with van der Waals surface area (Å²) in [6.07, 6.45) is 2.59. The molecule has 0 amide bonds. The fourth-order valence-electron chi connectivity index (χ4n) is 4.21. The van der Waals surface area contributed by atoms with Crippen LogP contribution in [-0.2, 0) is 4.79 Å². The molecule has 2 aromatic carbocycles. The van der Waals surface area contributed by atoms with Gasteiger partial charge in [-0.15, -0.1) is 0 Å². The minimum Gasteiger partial charge on any atom is -0.489 e. The van der Waals surface area contributed by atoms with Gasteiger partial charge in [0, 0.05) is 17.0 Å². The van der Waals surface area contributed by atoms with Crippen molar-refractivity contribution in [3.8, 4) is 17.2 Å². The van der Waals surface area contributed by atoms with E-state index < -0.39 is 5.60 Å². The quantitative estimate of drug-likeness (QED) is 0.549. The van der Waals surface area contributed by atoms with Crippen LogP contribution < -0.4 is 14.2 Å². The number of fused-ring (bicyclic) bond motifs is 4. The van der Waals surface area contributed by atoms with E-state index in [9.17, 15) is 9.59 Å². The summed E-state index contributed by atoms with van der Waals surface area (Å²) in [4.78, 5) is 25.0. The molecule has 3 heterocycles. The monoisotopic (exact) mass is 376 g/mol. The van der Waals surface area contributed by atoms with Crippen molar-refractivity contribution in [1.29, 1.82) is 0 Å². The van der Waals surface area contributed by atoms with Gasteiger partial charge in [0.2, 0.25) is 0 Å². The summed E-state index contributed by atoms with van der Waals surface area (Å²) in [5.74, 6) is 1.33. The predicted octanol–water partition coefficient (Wildman–Crippen LogP) is 4.30. The van der Waals surface area contributed by atoms with Gasteiger partial charge >= 0.3 is 5.97 Å². The number of para-hydroxylation sites is 1. The van der Waals surface area contributed by atoms with E-state index in [0.717, 1.165) is 22.4 Å². The van der Waals surface area contributed by atoms with Crippen LogP contribution in [0, 0.1) is 0 Å². The largest absolute Gasteiger partial charge is 0.489 e. The fourth-order valence-corrected chi connectivity index (χ4v) is 4.21. The molecule has 28 heavy (non-hydrogen) atoms. The second kappa shape index (κ2) is 5.96. The van der Waals surface area contributed by atoms with Gasteiger partial charge in [-0.25, -0.2) is 0 Å². The molecule has 0 saturated carbocycles. The van der Waals surface area contributed by atoms with Gasteiger partial charge in [0.25, 0.3) is 0 Å². The molecule has 2 aromatic rings. The molecule has 0 bridgehead atoms. The third-order valence-corrected chi connectivity index (χ3v) is 5.47. The molecule has 0 saturated heterocycles. The first-order valence-corrected chi connectivity index (χ1v) is 9.43. The highest BCUT2D eigenvalue weighted by Crippen LogP contribution is 2.49. The molecule has 0 fully saturated rings. The van der Waals surface area contributed by atoms with Crippen LogP contribution in [0.2, 0.25) is 0 Å². The lowest BCUT2D eigenvalue weighted by Crippen LogP contribution is -2.37. The van der Waals surface area contributed by atoms with Crippen LogP contribution in [-0.4, -0.2) is 24.0 Å². The molecule has 0 radical (unpaired) electrons. The smallest absolute Gasteiger partial charge is 0.312 e. The van der Waals surface area contributed by atoms with Gasteiger partial charge in [-0.1, -0.05) is 18.2 Å². The second-order valence-electron chi connectivity index (χ2n) is 8.09. The van der Waals surface area contributed by atoms with Crippen molar-refractivity contribution in [1.82, 2.24) is 0 Å². The minimum atomic E-state index is -0.602. The molecule has 3 aliphatic heterocycles. The van der Waals surface area contributed by atoms with Crippen molar-refractivity contribution >= 4 is 17.8 Å². The van der Waals surface area contributed by atoms with E-state index in [1.54, 1.807) is 12.1 Å². The summed E-state index contributed by atoms with van der Waals surface area (Å²) >= 11 is 0. The third-order valence-electron chi connectivity index (χ3n) is 5.47. The number of ketones is 1. The van der Waals surface area contributed by atoms with Gasteiger partial charge < -0.3 is 14.2 Å². The van der Waals surface area contributed by atoms with Crippen LogP contribution in [0.5, 0.6) is 17.2 Å². The molecule has 0 aliphatic carbocycles. The Kier molecular flexibility index (Phi) is 3.63. The van der Waals surface area contributed by atoms with Crippen molar-refractivity contribution in [2.24, 2.45) is 0 Å². The number of rotatable bonds is 1. The Morgan fingerprint density at radius 1 is 1.04 bits per heavy atom. The van der Waals surface area contributed by atoms with Crippen LogP contribution >= 0.6 is 0 Å². The van der Waals surface area contributed by atoms with Gasteiger partial charge in [0.1, 0.15) is 29.5 Å². The van der Waals surface area contributed by atoms with E-state index in [4.69, 9.17) is 14.2 Å². The van der Waals surface area contributed by atoms with Crippen LogP contribution in [0.25, 0.3) is 6.08 Å². The molecule has 3 aliphatic rings. The highest BCUT2D eigenvalue weighted by atomic mass is 16.5. The van der Waals surface area contributed by atoms with Crippen molar-refractivity contribution in [3.63, 3.8) is 0 Å². The van der Waals surface area contributed by atoms with Crippen molar-refractivity contribution in [3.05, 3.63) is 58.7 Å². The Labute approximate surface area is 162 Å². The Morgan fingerprint density at radius 3 is 2.71 bits per heavy atom. The van der Waals surface area contributed by atoms with Gasteiger partial charge in [-0.05, 0) is 43.7 Å². The fraction of sp³-hybridized carbons (Fsp3) is 0.304. The van der Waals surface area contributed by atoms with Crippen LogP contribution in [0.4, 0.5) is 0 Å². The average molecular weight is 376 g/mol. The lowest BCUT2D eigenvalue weighted by molar-refractivity contribution is -0.135. The number of ether oxygens (including phenoxy) is 3. The zero-order valence-electron chi connectivity index (χ0n) is 15.8. The van der Waals surface area contributed by atoms with E-state index >= 15 is 0 Å². The highest BCUT2D eigenvalue weighted by molar-refractivity contribution is 6.01. The second-order valence-corrected chi connectivity index (χ2v) is 8.09. The summed E-state index contributed by atoms with van der Waals surface area (Å²) < 4.78 is 17.6. The standard InChI is InChI=1S/C23H20O5/c1-23(2)11-17(24)15-7-8-19-21(22(15)28-23)16(10-20(25)27-19)14-9-13-5-3-4-6-18(13)26-12-14/h3-9,16H,10-12H2,1-2H3. The molecular weight excluding hydrogens is 356 g/mol. The van der Waals surface area contributed by atoms with Gasteiger partial charge in [-0.3, -0.25) is 9.59 Å². The number of carbonyl (C=O) groups excluding carboxylic acids is 2. The predicted molar refractivity (Wildman–Crippen MR) is 103 cm³/mol. The normalized spacial score (nSPS) is 21.9. The summed E-state index contributed by atoms with van der Waals surface area (Å²) in [7, 11) is 0. The number of hydrogen-bond donors (Lipinski definition) is 0. The van der Waals surface area contributed by atoms with Crippen molar-refractivity contribution < 1.29 is 23.8 Å². The zero-order chi connectivity index (χ0) is 19.5. The first-order valence-electron chi connectivity index (χ1n) is 9.43. The number of Topliss-reactive ketones (excluding diaryl/α,β-unsaturated/α-hetero) is 1. The van der Waals surface area contributed by atoms with E-state index in [1.807, 2.05) is 38.1 Å². The van der Waals surface area contributed by atoms with Crippen LogP contribution in [0.15, 0.2) is 42.0 Å². The van der Waals surface area contributed by atoms with Gasteiger partial charge in [-0.2, -0.15) is 0 Å². The molecule has 0 N–H and O–H groups in total. The average Bonchev–Trinajstić information content (AvgIpc) is 2.65. The molecule has 5 nitrogen and oxygen atoms in total. The summed E-state index contributed by atoms with van der Waals surface area (Å²) in [5, 5.41) is 0. The highest BCUT2D eigenvalue weighted by Gasteiger charge is 2.40. The molecule has 1 atom stereocenters. The lowest BCUT2D eigenvalue weighted by atomic mass is 9.81. The first-order chi connectivity index (χ1) is 13.4. The Hall–Kier alpha value is -3.08. The summed E-state index contributed by atoms with van der Waals surface area (Å²) in [6, 6.07) is 11.2. The first kappa shape index (κ1) is 17.0. The molecule has 0 aromatic heterocycles. The Morgan fingerprint density at radius 2 is 1.86 bits per heavy atom. The van der Waals surface area contributed by atoms with Crippen LogP contribution in [0.3, 0.4) is 0 Å². The Balaban J connectivity index is 1.67. The third kappa shape index (κ3) is 2.70. The number of esters is 1. The Bertz CT molecular complexity index is 1050. The zero-order valence-corrected chi connectivity index (χ0v) is 15.8. The number of benzene rings is 2. The minimum absolute atomic E-state index is 0.0453. The maximum atomic E-state index is 12.7. The molecular formula is C23H20O5. The molecule has 0 spiro atoms. The van der Waals surface area contributed by atoms with E-state index in [1.165, 1.54) is 0 Å². The maximum absolute atomic E-state index is 12.7.